The third-order valence-corrected chi connectivity index (χ3v) is 19.5. The molecule has 4 nitrogen and oxygen atoms in total. The number of benzene rings is 9. The summed E-state index contributed by atoms with van der Waals surface area (Å²) < 4.78 is 51.2. The Kier molecular flexibility index (Phi) is 13.4. The second-order valence-electron chi connectivity index (χ2n) is 20.5. The number of thiophene rings is 1. The Morgan fingerprint density at radius 2 is 1.24 bits per heavy atom. The van der Waals surface area contributed by atoms with E-state index in [0.717, 1.165) is 115 Å². The SMILES string of the molecule is [2H]C(C)(C)c1cc(-c2[c-]cc(F)c(-c3ccccc3)c2)nc[c]1[Ge]([CH3])([CH3])[CH3].[2H]C([2H])([2H])c1ccc(-c2nc3sc4c(-c5nc6ccccc6n5-c5c(-c6ccccc6)cccc5-c5ccccc5)[c-]ccc4c3c3ccccc23)cc1.[Ir]. The van der Waals surface area contributed by atoms with Gasteiger partial charge in [0.15, 0.2) is 0 Å². The number of fused-ring (bicyclic) bond motifs is 6. The van der Waals surface area contributed by atoms with Crippen molar-refractivity contribution in [2.45, 2.75) is 43.9 Å². The van der Waals surface area contributed by atoms with Crippen LogP contribution in [0.5, 0.6) is 0 Å². The van der Waals surface area contributed by atoms with Crippen LogP contribution in [0.1, 0.15) is 36.4 Å². The molecule has 78 heavy (non-hydrogen) atoms. The van der Waals surface area contributed by atoms with Crippen LogP contribution in [0.2, 0.25) is 17.3 Å². The molecular weight excluding hydrogens is 1210 g/mol. The number of hydrogen-bond acceptors (Lipinski definition) is 4. The second kappa shape index (κ2) is 22.0. The van der Waals surface area contributed by atoms with E-state index < -0.39 is 26.0 Å². The Morgan fingerprint density at radius 3 is 1.88 bits per heavy atom. The molecule has 0 fully saturated rings. The van der Waals surface area contributed by atoms with Gasteiger partial charge in [0.05, 0.1) is 28.2 Å². The maximum atomic E-state index is 14.4. The van der Waals surface area contributed by atoms with E-state index in [1.165, 1.54) is 10.5 Å². The van der Waals surface area contributed by atoms with Gasteiger partial charge in [0, 0.05) is 51.7 Å². The zero-order valence-corrected chi connectivity index (χ0v) is 49.0. The molecule has 383 valence electrons. The fourth-order valence-electron chi connectivity index (χ4n) is 10.5. The number of aromatic nitrogens is 4. The van der Waals surface area contributed by atoms with Crippen molar-refractivity contribution in [1.82, 2.24) is 19.5 Å². The molecule has 4 heterocycles. The Bertz CT molecular complexity index is 4420. The van der Waals surface area contributed by atoms with Crippen molar-refractivity contribution in [3.05, 3.63) is 248 Å². The molecule has 0 N–H and O–H groups in total. The van der Waals surface area contributed by atoms with E-state index >= 15 is 0 Å². The van der Waals surface area contributed by atoms with Crippen molar-refractivity contribution < 1.29 is 30.0 Å². The molecule has 0 atom stereocenters. The van der Waals surface area contributed by atoms with Gasteiger partial charge in [-0.3, -0.25) is 4.98 Å². The van der Waals surface area contributed by atoms with Crippen LogP contribution in [-0.2, 0) is 20.1 Å². The van der Waals surface area contributed by atoms with E-state index in [9.17, 15) is 4.39 Å². The standard InChI is InChI=1S/C47H30N3S.C23H25FGeN.Ir/c1-30-26-28-33(29-27-30)43-37-19-9-8-18-36(37)42-38-22-13-23-39(45(38)51-47(42)49-43)46-48-40-24-10-11-25-41(40)50(46)44-34(31-14-4-2-5-15-31)20-12-21-35(44)32-16-6-3-7-17-32;1-16(2)19-14-23(26-15-22(19)25(3,4)5)18-11-12-21(24)20(13-18)17-9-7-6-8-10-17;/h2-22,24-29H,1H3;6-10,12-16H,1-5H3;/q2*-1;/i1D3;16D;. The van der Waals surface area contributed by atoms with Crippen molar-refractivity contribution in [3.63, 3.8) is 0 Å². The molecule has 4 aromatic heterocycles. The number of hydrogen-bond donors (Lipinski definition) is 0. The summed E-state index contributed by atoms with van der Waals surface area (Å²) in [7, 11) is 0. The Hall–Kier alpha value is -7.65. The number of para-hydroxylation sites is 3. The third-order valence-electron chi connectivity index (χ3n) is 14.2. The van der Waals surface area contributed by atoms with Crippen molar-refractivity contribution in [2.24, 2.45) is 0 Å². The maximum Gasteiger partial charge on any atom is 0.115 e. The van der Waals surface area contributed by atoms with Gasteiger partial charge < -0.3 is 4.57 Å². The van der Waals surface area contributed by atoms with Crippen LogP contribution < -0.4 is 4.40 Å². The van der Waals surface area contributed by atoms with Crippen molar-refractivity contribution >= 4 is 71.1 Å². The molecule has 0 spiro atoms. The average molecular weight is 1270 g/mol. The van der Waals surface area contributed by atoms with Crippen LogP contribution in [0.25, 0.3) is 115 Å². The summed E-state index contributed by atoms with van der Waals surface area (Å²) in [5.74, 6) is 6.72. The fourth-order valence-corrected chi connectivity index (χ4v) is 15.0. The smallest absolute Gasteiger partial charge is 0.115 e. The minimum absolute atomic E-state index is 0. The van der Waals surface area contributed by atoms with Gasteiger partial charge in [0.1, 0.15) is 4.83 Å². The van der Waals surface area contributed by atoms with E-state index in [4.69, 9.17) is 15.5 Å². The number of imidazole rings is 1. The number of pyridine rings is 2. The van der Waals surface area contributed by atoms with Gasteiger partial charge in [-0.2, -0.15) is 11.3 Å². The number of nitrogens with zero attached hydrogens (tertiary/aromatic N) is 4. The van der Waals surface area contributed by atoms with Crippen LogP contribution in [-0.4, -0.2) is 32.8 Å². The summed E-state index contributed by atoms with van der Waals surface area (Å²) in [5.41, 5.74) is 14.2. The first kappa shape index (κ1) is 47.6. The summed E-state index contributed by atoms with van der Waals surface area (Å²) >= 11 is -0.528. The first-order valence-corrected chi connectivity index (χ1v) is 33.9. The Balaban J connectivity index is 0.000000213. The first-order valence-electron chi connectivity index (χ1n) is 27.8. The first-order chi connectivity index (χ1) is 39.0. The molecule has 0 saturated heterocycles. The summed E-state index contributed by atoms with van der Waals surface area (Å²) in [6.07, 6.45) is 1.93. The van der Waals surface area contributed by atoms with Gasteiger partial charge in [-0.1, -0.05) is 156 Å². The molecule has 0 aliphatic heterocycles. The zero-order chi connectivity index (χ0) is 56.2. The van der Waals surface area contributed by atoms with Crippen LogP contribution in [0.3, 0.4) is 0 Å². The maximum absolute atomic E-state index is 14.4. The quantitative estimate of drug-likeness (QED) is 0.107. The molecule has 9 aromatic carbocycles. The van der Waals surface area contributed by atoms with Crippen LogP contribution in [0, 0.1) is 24.8 Å². The summed E-state index contributed by atoms with van der Waals surface area (Å²) in [4.78, 5) is 16.2. The van der Waals surface area contributed by atoms with Gasteiger partial charge in [-0.05, 0) is 40.2 Å². The molecule has 0 saturated carbocycles. The Labute approximate surface area is 481 Å². The van der Waals surface area contributed by atoms with E-state index in [0.29, 0.717) is 11.1 Å². The molecule has 0 unspecified atom stereocenters. The Morgan fingerprint density at radius 1 is 0.628 bits per heavy atom. The largest absolute Gasteiger partial charge is 0.332 e. The predicted octanol–water partition coefficient (Wildman–Crippen LogP) is 18.7. The minimum Gasteiger partial charge on any atom is -0.332 e. The van der Waals surface area contributed by atoms with Gasteiger partial charge in [-0.25, -0.2) is 4.98 Å². The monoisotopic (exact) mass is 1270 g/mol. The zero-order valence-electron chi connectivity index (χ0n) is 47.7. The molecule has 13 aromatic rings. The van der Waals surface area contributed by atoms with E-state index in [1.807, 2.05) is 86.8 Å². The summed E-state index contributed by atoms with van der Waals surface area (Å²) in [6, 6.07) is 76.8. The van der Waals surface area contributed by atoms with Gasteiger partial charge in [-0.15, -0.1) is 18.2 Å². The van der Waals surface area contributed by atoms with E-state index in [1.54, 1.807) is 29.5 Å². The van der Waals surface area contributed by atoms with E-state index in [2.05, 4.69) is 160 Å². The fraction of sp³-hybridized carbons (Fsp3) is 0.100. The number of aryl methyl sites for hydroxylation is 1. The average Bonchev–Trinajstić information content (AvgIpc) is 3.31. The predicted molar refractivity (Wildman–Crippen MR) is 326 cm³/mol. The molecule has 1 radical (unpaired) electrons. The van der Waals surface area contributed by atoms with Crippen LogP contribution >= 0.6 is 11.3 Å². The molecule has 0 aliphatic carbocycles. The van der Waals surface area contributed by atoms with E-state index in [-0.39, 0.29) is 25.9 Å². The van der Waals surface area contributed by atoms with Gasteiger partial charge >= 0.3 is 160 Å². The molecule has 0 bridgehead atoms. The van der Waals surface area contributed by atoms with Crippen LogP contribution in [0.15, 0.2) is 219 Å². The topological polar surface area (TPSA) is 43.6 Å². The number of rotatable bonds is 9. The van der Waals surface area contributed by atoms with Crippen molar-refractivity contribution in [3.8, 4) is 73.0 Å². The third kappa shape index (κ3) is 9.97. The minimum atomic E-state index is -2.17. The van der Waals surface area contributed by atoms with Crippen LogP contribution in [0.4, 0.5) is 4.39 Å². The number of halogens is 1. The molecule has 13 rings (SSSR count). The van der Waals surface area contributed by atoms with Crippen molar-refractivity contribution in [2.75, 3.05) is 0 Å². The molecule has 8 heteroatoms. The molecule has 0 aliphatic rings. The van der Waals surface area contributed by atoms with Crippen molar-refractivity contribution in [1.29, 1.82) is 0 Å². The second-order valence-corrected chi connectivity index (χ2v) is 32.1. The normalized spacial score (nSPS) is 12.6. The summed E-state index contributed by atoms with van der Waals surface area (Å²) in [5, 5.41) is 4.28. The van der Waals surface area contributed by atoms with Gasteiger partial charge in [0.2, 0.25) is 0 Å². The molecular formula is C70H55FGeIrN4S-2. The molecule has 0 amide bonds. The van der Waals surface area contributed by atoms with Gasteiger partial charge in [0.25, 0.3) is 0 Å². The summed E-state index contributed by atoms with van der Waals surface area (Å²) in [6.45, 7) is 1.65.